The minimum atomic E-state index is -0.0797. The molecule has 2 aliphatic rings. The van der Waals surface area contributed by atoms with Crippen molar-refractivity contribution in [2.45, 2.75) is 38.4 Å². The monoisotopic (exact) mass is 351 g/mol. The Hall–Kier alpha value is -2.33. The number of rotatable bonds is 4. The summed E-state index contributed by atoms with van der Waals surface area (Å²) in [6.07, 6.45) is 3.41. The Morgan fingerprint density at radius 2 is 1.92 bits per heavy atom. The number of morpholine rings is 1. The van der Waals surface area contributed by atoms with Gasteiger partial charge >= 0.3 is 0 Å². The van der Waals surface area contributed by atoms with E-state index in [1.807, 2.05) is 48.2 Å². The van der Waals surface area contributed by atoms with E-state index in [2.05, 4.69) is 12.1 Å². The second kappa shape index (κ2) is 7.50. The van der Waals surface area contributed by atoms with Gasteiger partial charge in [-0.3, -0.25) is 4.79 Å². The molecule has 2 aromatic rings. The van der Waals surface area contributed by atoms with E-state index in [4.69, 9.17) is 9.47 Å². The highest BCUT2D eigenvalue weighted by atomic mass is 16.5. The topological polar surface area (TPSA) is 38.8 Å². The van der Waals surface area contributed by atoms with E-state index >= 15 is 0 Å². The summed E-state index contributed by atoms with van der Waals surface area (Å²) < 4.78 is 11.8. The Balaban J connectivity index is 1.38. The van der Waals surface area contributed by atoms with E-state index in [0.717, 1.165) is 24.2 Å². The van der Waals surface area contributed by atoms with Crippen LogP contribution < -0.4 is 4.74 Å². The molecule has 0 spiro atoms. The molecule has 4 heteroatoms. The summed E-state index contributed by atoms with van der Waals surface area (Å²) >= 11 is 0. The van der Waals surface area contributed by atoms with Crippen LogP contribution in [-0.2, 0) is 22.4 Å². The first-order chi connectivity index (χ1) is 12.7. The van der Waals surface area contributed by atoms with Crippen molar-refractivity contribution in [1.82, 2.24) is 4.90 Å². The number of aryl methyl sites for hydroxylation is 2. The smallest absolute Gasteiger partial charge is 0.260 e. The lowest BCUT2D eigenvalue weighted by molar-refractivity contribution is -0.146. The highest BCUT2D eigenvalue weighted by Gasteiger charge is 2.29. The second-order valence-corrected chi connectivity index (χ2v) is 7.22. The molecule has 4 rings (SSSR count). The summed E-state index contributed by atoms with van der Waals surface area (Å²) in [6.45, 7) is 3.26. The van der Waals surface area contributed by atoms with E-state index in [0.29, 0.717) is 13.1 Å². The molecule has 0 aromatic heterocycles. The molecule has 1 fully saturated rings. The minimum absolute atomic E-state index is 0.0119. The molecule has 0 bridgehead atoms. The number of ether oxygens (including phenoxy) is 2. The summed E-state index contributed by atoms with van der Waals surface area (Å²) in [4.78, 5) is 14.5. The number of hydrogen-bond donors (Lipinski definition) is 0. The van der Waals surface area contributed by atoms with Gasteiger partial charge in [0.05, 0.1) is 12.6 Å². The third kappa shape index (κ3) is 3.75. The number of hydrogen-bond acceptors (Lipinski definition) is 3. The average Bonchev–Trinajstić information content (AvgIpc) is 3.14. The lowest BCUT2D eigenvalue weighted by Crippen LogP contribution is -2.47. The van der Waals surface area contributed by atoms with Crippen molar-refractivity contribution in [3.63, 3.8) is 0 Å². The fraction of sp³-hybridized carbons (Fsp3) is 0.409. The first-order valence-corrected chi connectivity index (χ1v) is 9.42. The quantitative estimate of drug-likeness (QED) is 0.846. The molecule has 4 nitrogen and oxygen atoms in total. The summed E-state index contributed by atoms with van der Waals surface area (Å²) in [5.41, 5.74) is 3.88. The van der Waals surface area contributed by atoms with Crippen LogP contribution in [0, 0.1) is 0 Å². The van der Waals surface area contributed by atoms with Gasteiger partial charge in [0, 0.05) is 6.54 Å². The van der Waals surface area contributed by atoms with Crippen LogP contribution in [0.3, 0.4) is 0 Å². The molecule has 1 saturated heterocycles. The zero-order valence-corrected chi connectivity index (χ0v) is 15.2. The number of fused-ring (bicyclic) bond motifs is 1. The molecule has 1 amide bonds. The van der Waals surface area contributed by atoms with Gasteiger partial charge in [0.2, 0.25) is 0 Å². The molecule has 1 heterocycles. The molecule has 0 radical (unpaired) electrons. The van der Waals surface area contributed by atoms with Crippen LogP contribution >= 0.6 is 0 Å². The Kier molecular flexibility index (Phi) is 4.93. The molecule has 0 N–H and O–H groups in total. The summed E-state index contributed by atoms with van der Waals surface area (Å²) in [5, 5.41) is 0. The van der Waals surface area contributed by atoms with Gasteiger partial charge in [-0.2, -0.15) is 0 Å². The van der Waals surface area contributed by atoms with Crippen LogP contribution in [0.25, 0.3) is 0 Å². The van der Waals surface area contributed by atoms with E-state index in [-0.39, 0.29) is 24.7 Å². The van der Waals surface area contributed by atoms with E-state index in [1.165, 1.54) is 17.5 Å². The number of nitrogens with zero attached hydrogens (tertiary/aromatic N) is 1. The molecule has 26 heavy (non-hydrogen) atoms. The highest BCUT2D eigenvalue weighted by molar-refractivity contribution is 5.78. The molecule has 2 atom stereocenters. The third-order valence-corrected chi connectivity index (χ3v) is 5.22. The van der Waals surface area contributed by atoms with Crippen molar-refractivity contribution >= 4 is 5.91 Å². The predicted octanol–water partition coefficient (Wildman–Crippen LogP) is 3.54. The number of carbonyl (C=O) groups excluding carboxylic acids is 1. The zero-order chi connectivity index (χ0) is 17.9. The minimum Gasteiger partial charge on any atom is -0.484 e. The first kappa shape index (κ1) is 17.1. The van der Waals surface area contributed by atoms with Crippen molar-refractivity contribution in [3.05, 3.63) is 65.2 Å². The van der Waals surface area contributed by atoms with Crippen LogP contribution in [0.5, 0.6) is 5.75 Å². The molecule has 1 aliphatic heterocycles. The molecule has 0 saturated carbocycles. The van der Waals surface area contributed by atoms with Crippen LogP contribution in [0.1, 0.15) is 36.1 Å². The van der Waals surface area contributed by atoms with Gasteiger partial charge in [0.15, 0.2) is 6.61 Å². The Labute approximate surface area is 154 Å². The predicted molar refractivity (Wildman–Crippen MR) is 100 cm³/mol. The lowest BCUT2D eigenvalue weighted by atomic mass is 10.1. The largest absolute Gasteiger partial charge is 0.484 e. The zero-order valence-electron chi connectivity index (χ0n) is 15.2. The van der Waals surface area contributed by atoms with Crippen molar-refractivity contribution in [2.75, 3.05) is 19.7 Å². The molecular weight excluding hydrogens is 326 g/mol. The Morgan fingerprint density at radius 1 is 1.12 bits per heavy atom. The second-order valence-electron chi connectivity index (χ2n) is 7.22. The Morgan fingerprint density at radius 3 is 2.77 bits per heavy atom. The SMILES string of the molecule is CC1CN(C(=O)COc2ccc3c(c2)CCC3)CC(c2ccccc2)O1. The summed E-state index contributed by atoms with van der Waals surface area (Å²) in [6, 6.07) is 16.3. The lowest BCUT2D eigenvalue weighted by Gasteiger charge is -2.37. The van der Waals surface area contributed by atoms with E-state index < -0.39 is 0 Å². The standard InChI is InChI=1S/C22H25NO3/c1-16-13-23(14-21(26-16)18-6-3-2-4-7-18)22(24)15-25-20-11-10-17-8-5-9-19(17)12-20/h2-4,6-7,10-12,16,21H,5,8-9,13-15H2,1H3. The van der Waals surface area contributed by atoms with Crippen molar-refractivity contribution in [1.29, 1.82) is 0 Å². The Bertz CT molecular complexity index is 774. The normalized spacial score (nSPS) is 22.1. The molecule has 2 unspecified atom stereocenters. The van der Waals surface area contributed by atoms with E-state index in [1.54, 1.807) is 0 Å². The summed E-state index contributed by atoms with van der Waals surface area (Å²) in [5.74, 6) is 0.807. The average molecular weight is 351 g/mol. The van der Waals surface area contributed by atoms with Crippen LogP contribution in [0.15, 0.2) is 48.5 Å². The van der Waals surface area contributed by atoms with Gasteiger partial charge in [0.25, 0.3) is 5.91 Å². The van der Waals surface area contributed by atoms with Gasteiger partial charge in [-0.25, -0.2) is 0 Å². The number of carbonyl (C=O) groups is 1. The van der Waals surface area contributed by atoms with Gasteiger partial charge in [-0.15, -0.1) is 0 Å². The maximum atomic E-state index is 12.7. The third-order valence-electron chi connectivity index (χ3n) is 5.22. The van der Waals surface area contributed by atoms with Gasteiger partial charge in [-0.05, 0) is 55.0 Å². The highest BCUT2D eigenvalue weighted by Crippen LogP contribution is 2.27. The number of amides is 1. The van der Waals surface area contributed by atoms with Gasteiger partial charge < -0.3 is 14.4 Å². The van der Waals surface area contributed by atoms with Crippen LogP contribution in [0.2, 0.25) is 0 Å². The van der Waals surface area contributed by atoms with Gasteiger partial charge in [-0.1, -0.05) is 36.4 Å². The molecular formula is C22H25NO3. The molecule has 1 aliphatic carbocycles. The van der Waals surface area contributed by atoms with Crippen molar-refractivity contribution in [3.8, 4) is 5.75 Å². The molecule has 2 aromatic carbocycles. The van der Waals surface area contributed by atoms with E-state index in [9.17, 15) is 4.79 Å². The van der Waals surface area contributed by atoms with Crippen molar-refractivity contribution in [2.24, 2.45) is 0 Å². The fourth-order valence-corrected chi connectivity index (χ4v) is 3.88. The van der Waals surface area contributed by atoms with Crippen molar-refractivity contribution < 1.29 is 14.3 Å². The number of benzene rings is 2. The summed E-state index contributed by atoms with van der Waals surface area (Å²) in [7, 11) is 0. The van der Waals surface area contributed by atoms with Crippen LogP contribution in [0.4, 0.5) is 0 Å². The maximum absolute atomic E-state index is 12.7. The molecule has 136 valence electrons. The van der Waals surface area contributed by atoms with Gasteiger partial charge in [0.1, 0.15) is 11.9 Å². The maximum Gasteiger partial charge on any atom is 0.260 e. The first-order valence-electron chi connectivity index (χ1n) is 9.42. The fourth-order valence-electron chi connectivity index (χ4n) is 3.88. The van der Waals surface area contributed by atoms with Crippen LogP contribution in [-0.4, -0.2) is 36.6 Å².